The molecule has 2 aliphatic heterocycles. The third-order valence-corrected chi connectivity index (χ3v) is 7.59. The van der Waals surface area contributed by atoms with Gasteiger partial charge in [-0.2, -0.15) is 0 Å². The molecule has 0 radical (unpaired) electrons. The van der Waals surface area contributed by atoms with E-state index in [-0.39, 0.29) is 30.0 Å². The predicted octanol–water partition coefficient (Wildman–Crippen LogP) is 2.04. The molecule has 10 heteroatoms. The normalized spacial score (nSPS) is 19.3. The smallest absolute Gasteiger partial charge is 0.263 e. The Kier molecular flexibility index (Phi) is 5.59. The highest BCUT2D eigenvalue weighted by Gasteiger charge is 2.31. The van der Waals surface area contributed by atoms with Crippen LogP contribution in [0.4, 0.5) is 0 Å². The molecule has 0 N–H and O–H groups in total. The summed E-state index contributed by atoms with van der Waals surface area (Å²) in [5.41, 5.74) is 0.672. The van der Waals surface area contributed by atoms with Crippen molar-refractivity contribution in [2.45, 2.75) is 25.5 Å². The SMILES string of the molecule is O=C(Cn1cnc2scc(-c3cccs3)c2c1=O)N1CCN(C(=O)C2CCCO2)CC1. The van der Waals surface area contributed by atoms with Crippen LogP contribution in [0.25, 0.3) is 20.7 Å². The molecule has 162 valence electrons. The predicted molar refractivity (Wildman–Crippen MR) is 119 cm³/mol. The highest BCUT2D eigenvalue weighted by atomic mass is 32.1. The number of nitrogens with zero attached hydrogens (tertiary/aromatic N) is 4. The summed E-state index contributed by atoms with van der Waals surface area (Å²) in [6.07, 6.45) is 2.81. The van der Waals surface area contributed by atoms with E-state index in [2.05, 4.69) is 4.98 Å². The second-order valence-electron chi connectivity index (χ2n) is 7.69. The maximum absolute atomic E-state index is 13.1. The highest BCUT2D eigenvalue weighted by Crippen LogP contribution is 2.33. The van der Waals surface area contributed by atoms with Gasteiger partial charge >= 0.3 is 0 Å². The second kappa shape index (κ2) is 8.52. The van der Waals surface area contributed by atoms with Gasteiger partial charge in [0, 0.05) is 48.6 Å². The Bertz CT molecular complexity index is 1160. The topological polar surface area (TPSA) is 84.7 Å². The Morgan fingerprint density at radius 1 is 1.16 bits per heavy atom. The van der Waals surface area contributed by atoms with Gasteiger partial charge < -0.3 is 14.5 Å². The fourth-order valence-corrected chi connectivity index (χ4v) is 5.81. The van der Waals surface area contributed by atoms with E-state index in [0.29, 0.717) is 43.0 Å². The zero-order valence-corrected chi connectivity index (χ0v) is 18.5. The third-order valence-electron chi connectivity index (χ3n) is 5.80. The van der Waals surface area contributed by atoms with Crippen LogP contribution in [0.5, 0.6) is 0 Å². The van der Waals surface area contributed by atoms with E-state index in [1.54, 1.807) is 21.1 Å². The number of rotatable bonds is 4. The van der Waals surface area contributed by atoms with Gasteiger partial charge in [0.2, 0.25) is 5.91 Å². The summed E-state index contributed by atoms with van der Waals surface area (Å²) in [5.74, 6) is -0.116. The number of amides is 2. The van der Waals surface area contributed by atoms with Crippen molar-refractivity contribution in [1.29, 1.82) is 0 Å². The molecular formula is C21H22N4O4S2. The number of ether oxygens (including phenoxy) is 1. The van der Waals surface area contributed by atoms with E-state index < -0.39 is 0 Å². The van der Waals surface area contributed by atoms with Crippen molar-refractivity contribution in [3.8, 4) is 10.4 Å². The van der Waals surface area contributed by atoms with Crippen molar-refractivity contribution >= 4 is 44.7 Å². The summed E-state index contributed by atoms with van der Waals surface area (Å²) >= 11 is 3.01. The van der Waals surface area contributed by atoms with Crippen LogP contribution in [-0.2, 0) is 20.9 Å². The number of carbonyl (C=O) groups is 2. The van der Waals surface area contributed by atoms with E-state index in [4.69, 9.17) is 4.74 Å². The minimum Gasteiger partial charge on any atom is -0.368 e. The van der Waals surface area contributed by atoms with Crippen LogP contribution >= 0.6 is 22.7 Å². The Labute approximate surface area is 186 Å². The molecule has 0 spiro atoms. The van der Waals surface area contributed by atoms with Crippen LogP contribution in [0.3, 0.4) is 0 Å². The largest absolute Gasteiger partial charge is 0.368 e. The number of hydrogen-bond donors (Lipinski definition) is 0. The molecule has 31 heavy (non-hydrogen) atoms. The standard InChI is InChI=1S/C21H22N4O4S2/c26-17(23-5-7-24(8-6-23)20(27)15-3-1-9-29-15)11-25-13-22-19-18(21(25)28)14(12-31-19)16-4-2-10-30-16/h2,4,10,12-13,15H,1,3,5-9,11H2. The van der Waals surface area contributed by atoms with E-state index >= 15 is 0 Å². The van der Waals surface area contributed by atoms with Crippen LogP contribution in [0.15, 0.2) is 34.0 Å². The Balaban J connectivity index is 1.28. The minimum atomic E-state index is -0.332. The first-order valence-electron chi connectivity index (χ1n) is 10.3. The van der Waals surface area contributed by atoms with Gasteiger partial charge in [0.15, 0.2) is 0 Å². The molecule has 5 heterocycles. The average molecular weight is 459 g/mol. The van der Waals surface area contributed by atoms with E-state index in [0.717, 1.165) is 23.3 Å². The summed E-state index contributed by atoms with van der Waals surface area (Å²) in [7, 11) is 0. The zero-order valence-electron chi connectivity index (χ0n) is 16.9. The van der Waals surface area contributed by atoms with Crippen LogP contribution in [0, 0.1) is 0 Å². The first kappa shape index (κ1) is 20.3. The fourth-order valence-electron chi connectivity index (χ4n) is 4.09. The van der Waals surface area contributed by atoms with Crippen molar-refractivity contribution in [3.05, 3.63) is 39.6 Å². The first-order valence-corrected chi connectivity index (χ1v) is 12.1. The van der Waals surface area contributed by atoms with E-state index in [9.17, 15) is 14.4 Å². The maximum Gasteiger partial charge on any atom is 0.263 e. The summed E-state index contributed by atoms with van der Waals surface area (Å²) in [4.78, 5) is 48.0. The molecule has 3 aromatic heterocycles. The van der Waals surface area contributed by atoms with Gasteiger partial charge in [-0.1, -0.05) is 6.07 Å². The molecule has 0 bridgehead atoms. The molecule has 2 amide bonds. The van der Waals surface area contributed by atoms with Gasteiger partial charge in [0.05, 0.1) is 11.7 Å². The van der Waals surface area contributed by atoms with Gasteiger partial charge in [-0.25, -0.2) is 4.98 Å². The van der Waals surface area contributed by atoms with Crippen LogP contribution in [0.2, 0.25) is 0 Å². The van der Waals surface area contributed by atoms with Crippen LogP contribution in [-0.4, -0.2) is 70.1 Å². The molecule has 8 nitrogen and oxygen atoms in total. The van der Waals surface area contributed by atoms with Crippen LogP contribution in [0.1, 0.15) is 12.8 Å². The Morgan fingerprint density at radius 2 is 1.97 bits per heavy atom. The van der Waals surface area contributed by atoms with Gasteiger partial charge in [-0.3, -0.25) is 19.0 Å². The fraction of sp³-hybridized carbons (Fsp3) is 0.429. The van der Waals surface area contributed by atoms with Crippen molar-refractivity contribution in [2.75, 3.05) is 32.8 Å². The summed E-state index contributed by atoms with van der Waals surface area (Å²) in [6.45, 7) is 2.48. The van der Waals surface area contributed by atoms with E-state index in [1.165, 1.54) is 22.2 Å². The molecule has 1 atom stereocenters. The Morgan fingerprint density at radius 3 is 2.68 bits per heavy atom. The molecule has 0 aliphatic carbocycles. The van der Waals surface area contributed by atoms with E-state index in [1.807, 2.05) is 22.9 Å². The van der Waals surface area contributed by atoms with Gasteiger partial charge in [0.1, 0.15) is 17.5 Å². The lowest BCUT2D eigenvalue weighted by Gasteiger charge is -2.35. The number of carbonyl (C=O) groups excluding carboxylic acids is 2. The number of thiophene rings is 2. The average Bonchev–Trinajstić information content (AvgIpc) is 3.56. The van der Waals surface area contributed by atoms with Crippen molar-refractivity contribution in [1.82, 2.24) is 19.4 Å². The molecule has 2 aliphatic rings. The third kappa shape index (κ3) is 3.90. The molecule has 0 saturated carbocycles. The maximum atomic E-state index is 13.1. The number of fused-ring (bicyclic) bond motifs is 1. The van der Waals surface area contributed by atoms with Gasteiger partial charge in [-0.15, -0.1) is 22.7 Å². The molecule has 3 aromatic rings. The van der Waals surface area contributed by atoms with Crippen LogP contribution < -0.4 is 5.56 Å². The van der Waals surface area contributed by atoms with Crippen molar-refractivity contribution in [3.63, 3.8) is 0 Å². The second-order valence-corrected chi connectivity index (χ2v) is 9.50. The number of hydrogen-bond acceptors (Lipinski definition) is 7. The number of piperazine rings is 1. The molecule has 5 rings (SSSR count). The molecule has 0 aromatic carbocycles. The highest BCUT2D eigenvalue weighted by molar-refractivity contribution is 7.18. The molecule has 2 fully saturated rings. The lowest BCUT2D eigenvalue weighted by Crippen LogP contribution is -2.53. The minimum absolute atomic E-state index is 0.0223. The summed E-state index contributed by atoms with van der Waals surface area (Å²) in [6, 6.07) is 3.93. The molecular weight excluding hydrogens is 436 g/mol. The number of aromatic nitrogens is 2. The lowest BCUT2D eigenvalue weighted by atomic mass is 10.2. The Hall–Kier alpha value is -2.56. The van der Waals surface area contributed by atoms with Gasteiger partial charge in [-0.05, 0) is 24.3 Å². The summed E-state index contributed by atoms with van der Waals surface area (Å²) < 4.78 is 6.87. The van der Waals surface area contributed by atoms with Crippen molar-refractivity contribution < 1.29 is 14.3 Å². The first-order chi connectivity index (χ1) is 15.1. The molecule has 1 unspecified atom stereocenters. The lowest BCUT2D eigenvalue weighted by molar-refractivity contribution is -0.146. The van der Waals surface area contributed by atoms with Crippen molar-refractivity contribution in [2.24, 2.45) is 0 Å². The molecule has 2 saturated heterocycles. The van der Waals surface area contributed by atoms with Gasteiger partial charge in [0.25, 0.3) is 11.5 Å². The monoisotopic (exact) mass is 458 g/mol. The summed E-state index contributed by atoms with van der Waals surface area (Å²) in [5, 5.41) is 4.48. The zero-order chi connectivity index (χ0) is 21.4. The quantitative estimate of drug-likeness (QED) is 0.597.